The molecule has 98 valence electrons. The van der Waals surface area contributed by atoms with E-state index >= 15 is 0 Å². The molecule has 0 unspecified atom stereocenters. The number of pyridine rings is 1. The molecule has 0 aliphatic heterocycles. The lowest BCUT2D eigenvalue weighted by Gasteiger charge is -2.17. The Morgan fingerprint density at radius 3 is 2.47 bits per heavy atom. The van der Waals surface area contributed by atoms with Crippen molar-refractivity contribution < 1.29 is 9.18 Å². The Bertz CT molecular complexity index is 664. The predicted molar refractivity (Wildman–Crippen MR) is 69.1 cm³/mol. The highest BCUT2D eigenvalue weighted by atomic mass is 19.1. The molecule has 1 amide bonds. The van der Waals surface area contributed by atoms with Crippen molar-refractivity contribution in [2.45, 2.75) is 0 Å². The number of nitrogens with zero attached hydrogens (tertiary/aromatic N) is 2. The largest absolute Gasteiger partial charge is 0.307 e. The third kappa shape index (κ3) is 2.53. The molecular weight excluding hydrogens is 249 g/mol. The van der Waals surface area contributed by atoms with Crippen LogP contribution in [0.2, 0.25) is 0 Å². The lowest BCUT2D eigenvalue weighted by Crippen LogP contribution is -2.40. The smallest absolute Gasteiger partial charge is 0.289 e. The van der Waals surface area contributed by atoms with Crippen molar-refractivity contribution in [3.63, 3.8) is 0 Å². The summed E-state index contributed by atoms with van der Waals surface area (Å²) in [6.45, 7) is 0. The zero-order valence-electron chi connectivity index (χ0n) is 10.2. The maximum atomic E-state index is 12.8. The number of anilines is 1. The van der Waals surface area contributed by atoms with E-state index < -0.39 is 11.7 Å². The van der Waals surface area contributed by atoms with Crippen molar-refractivity contribution in [1.82, 2.24) is 4.57 Å². The van der Waals surface area contributed by atoms with Gasteiger partial charge in [-0.25, -0.2) is 15.2 Å². The van der Waals surface area contributed by atoms with E-state index in [1.165, 1.54) is 54.1 Å². The monoisotopic (exact) mass is 261 g/mol. The first-order chi connectivity index (χ1) is 9.00. The zero-order chi connectivity index (χ0) is 14.0. The molecule has 5 nitrogen and oxygen atoms in total. The summed E-state index contributed by atoms with van der Waals surface area (Å²) in [6, 6.07) is 9.48. The molecule has 0 saturated heterocycles. The number of halogens is 1. The van der Waals surface area contributed by atoms with Crippen molar-refractivity contribution in [3.05, 3.63) is 64.3 Å². The van der Waals surface area contributed by atoms with Crippen LogP contribution in [0.25, 0.3) is 0 Å². The van der Waals surface area contributed by atoms with Crippen LogP contribution in [0, 0.1) is 5.82 Å². The topological polar surface area (TPSA) is 68.3 Å². The van der Waals surface area contributed by atoms with Crippen LogP contribution in [0.5, 0.6) is 0 Å². The second-order valence-corrected chi connectivity index (χ2v) is 3.96. The number of nitrogens with two attached hydrogens (primary N) is 1. The van der Waals surface area contributed by atoms with Crippen molar-refractivity contribution in [2.24, 2.45) is 12.9 Å². The molecule has 6 heteroatoms. The Morgan fingerprint density at radius 2 is 1.84 bits per heavy atom. The predicted octanol–water partition coefficient (Wildman–Crippen LogP) is 1.04. The quantitative estimate of drug-likeness (QED) is 0.499. The summed E-state index contributed by atoms with van der Waals surface area (Å²) < 4.78 is 14.0. The van der Waals surface area contributed by atoms with Crippen LogP contribution < -0.4 is 16.4 Å². The van der Waals surface area contributed by atoms with Gasteiger partial charge in [0, 0.05) is 13.1 Å². The van der Waals surface area contributed by atoms with E-state index in [1.54, 1.807) is 0 Å². The van der Waals surface area contributed by atoms with Crippen LogP contribution in [0.15, 0.2) is 47.3 Å². The fourth-order valence-corrected chi connectivity index (χ4v) is 1.62. The fourth-order valence-electron chi connectivity index (χ4n) is 1.62. The molecule has 0 saturated carbocycles. The van der Waals surface area contributed by atoms with Gasteiger partial charge < -0.3 is 4.57 Å². The molecule has 0 aliphatic carbocycles. The number of hydrazine groups is 1. The molecule has 0 fully saturated rings. The van der Waals surface area contributed by atoms with Gasteiger partial charge in [0.2, 0.25) is 0 Å². The minimum Gasteiger partial charge on any atom is -0.307 e. The molecule has 0 atom stereocenters. The Morgan fingerprint density at radius 1 is 1.21 bits per heavy atom. The Kier molecular flexibility index (Phi) is 3.43. The van der Waals surface area contributed by atoms with E-state index in [-0.39, 0.29) is 11.3 Å². The van der Waals surface area contributed by atoms with Crippen LogP contribution >= 0.6 is 0 Å². The number of hydrogen-bond acceptors (Lipinski definition) is 3. The lowest BCUT2D eigenvalue weighted by molar-refractivity contribution is 0.0978. The van der Waals surface area contributed by atoms with Crippen LogP contribution in [0.4, 0.5) is 10.1 Å². The Hall–Kier alpha value is -2.47. The Balaban J connectivity index is 2.36. The van der Waals surface area contributed by atoms with Crippen LogP contribution in [0.1, 0.15) is 10.5 Å². The van der Waals surface area contributed by atoms with E-state index in [4.69, 9.17) is 5.84 Å². The molecule has 0 radical (unpaired) electrons. The summed E-state index contributed by atoms with van der Waals surface area (Å²) in [5.74, 6) is 4.72. The van der Waals surface area contributed by atoms with Gasteiger partial charge in [0.15, 0.2) is 0 Å². The maximum absolute atomic E-state index is 12.8. The van der Waals surface area contributed by atoms with Gasteiger partial charge in [0.1, 0.15) is 11.5 Å². The van der Waals surface area contributed by atoms with Crippen molar-refractivity contribution in [3.8, 4) is 0 Å². The second kappa shape index (κ2) is 5.03. The minimum absolute atomic E-state index is 0.152. The van der Waals surface area contributed by atoms with Crippen molar-refractivity contribution in [1.29, 1.82) is 0 Å². The number of hydrogen-bond donors (Lipinski definition) is 1. The molecule has 1 aromatic heterocycles. The summed E-state index contributed by atoms with van der Waals surface area (Å²) in [4.78, 5) is 23.6. The van der Waals surface area contributed by atoms with Crippen LogP contribution in [-0.2, 0) is 7.05 Å². The number of aromatic nitrogens is 1. The van der Waals surface area contributed by atoms with Gasteiger partial charge in [-0.05, 0) is 30.3 Å². The van der Waals surface area contributed by atoms with Crippen molar-refractivity contribution >= 4 is 11.6 Å². The van der Waals surface area contributed by atoms with Crippen LogP contribution in [-0.4, -0.2) is 10.5 Å². The highest BCUT2D eigenvalue weighted by Gasteiger charge is 2.17. The SMILES string of the molecule is Cn1c(C(=O)N(N)c2ccc(F)cc2)cccc1=O. The number of rotatable bonds is 2. The van der Waals surface area contributed by atoms with Gasteiger partial charge in [-0.1, -0.05) is 6.07 Å². The molecule has 0 spiro atoms. The third-order valence-corrected chi connectivity index (χ3v) is 2.73. The molecule has 19 heavy (non-hydrogen) atoms. The summed E-state index contributed by atoms with van der Waals surface area (Å²) in [5, 5.41) is 0.869. The van der Waals surface area contributed by atoms with E-state index in [9.17, 15) is 14.0 Å². The van der Waals surface area contributed by atoms with E-state index in [0.29, 0.717) is 5.69 Å². The van der Waals surface area contributed by atoms with Gasteiger partial charge in [-0.15, -0.1) is 0 Å². The average Bonchev–Trinajstić information content (AvgIpc) is 2.41. The molecule has 2 rings (SSSR count). The van der Waals surface area contributed by atoms with Gasteiger partial charge in [-0.3, -0.25) is 9.59 Å². The first kappa shape index (κ1) is 13.0. The highest BCUT2D eigenvalue weighted by Crippen LogP contribution is 2.13. The summed E-state index contributed by atoms with van der Waals surface area (Å²) in [5.41, 5.74) is 0.181. The molecule has 2 N–H and O–H groups in total. The van der Waals surface area contributed by atoms with Crippen LogP contribution in [0.3, 0.4) is 0 Å². The second-order valence-electron chi connectivity index (χ2n) is 3.96. The van der Waals surface area contributed by atoms with Gasteiger partial charge >= 0.3 is 0 Å². The van der Waals surface area contributed by atoms with Gasteiger partial charge in [-0.2, -0.15) is 0 Å². The molecule has 1 aromatic carbocycles. The summed E-state index contributed by atoms with van der Waals surface area (Å²) >= 11 is 0. The van der Waals surface area contributed by atoms with E-state index in [2.05, 4.69) is 0 Å². The number of benzene rings is 1. The maximum Gasteiger partial charge on any atom is 0.289 e. The molecule has 0 aliphatic rings. The number of carbonyl (C=O) groups is 1. The molecule has 2 aromatic rings. The molecular formula is C13H12FN3O2. The summed E-state index contributed by atoms with van der Waals surface area (Å²) in [7, 11) is 1.48. The van der Waals surface area contributed by atoms with Gasteiger partial charge in [0.05, 0.1) is 5.69 Å². The first-order valence-corrected chi connectivity index (χ1v) is 5.51. The van der Waals surface area contributed by atoms with Crippen molar-refractivity contribution in [2.75, 3.05) is 5.01 Å². The fraction of sp³-hybridized carbons (Fsp3) is 0.0769. The van der Waals surface area contributed by atoms with Gasteiger partial charge in [0.25, 0.3) is 11.5 Å². The zero-order valence-corrected chi connectivity index (χ0v) is 10.2. The summed E-state index contributed by atoms with van der Waals surface area (Å²) in [6.07, 6.45) is 0. The standard InChI is InChI=1S/C13H12FN3O2/c1-16-11(3-2-4-12(16)18)13(19)17(15)10-7-5-9(14)6-8-10/h2-8H,15H2,1H3. The number of amides is 1. The lowest BCUT2D eigenvalue weighted by atomic mass is 10.2. The normalized spacial score (nSPS) is 10.3. The minimum atomic E-state index is -0.549. The first-order valence-electron chi connectivity index (χ1n) is 5.51. The van der Waals surface area contributed by atoms with E-state index in [1.807, 2.05) is 0 Å². The highest BCUT2D eigenvalue weighted by molar-refractivity contribution is 6.04. The van der Waals surface area contributed by atoms with E-state index in [0.717, 1.165) is 5.01 Å². The Labute approximate surface area is 108 Å². The number of carbonyl (C=O) groups excluding carboxylic acids is 1. The molecule has 1 heterocycles. The molecule has 0 bridgehead atoms. The third-order valence-electron chi connectivity index (χ3n) is 2.73. The average molecular weight is 261 g/mol.